The number of ether oxygens (including phenoxy) is 4. The fourth-order valence-electron chi connectivity index (χ4n) is 2.87. The summed E-state index contributed by atoms with van der Waals surface area (Å²) >= 11 is 0. The highest BCUT2D eigenvalue weighted by molar-refractivity contribution is 14.0. The number of hydrogen-bond acceptors (Lipinski definition) is 5. The van der Waals surface area contributed by atoms with Crippen LogP contribution in [0.15, 0.2) is 47.5 Å². The molecule has 0 saturated heterocycles. The lowest BCUT2D eigenvalue weighted by Crippen LogP contribution is -2.38. The molecular weight excluding hydrogens is 509 g/mol. The summed E-state index contributed by atoms with van der Waals surface area (Å²) in [6.07, 6.45) is 0.902. The van der Waals surface area contributed by atoms with E-state index >= 15 is 0 Å². The van der Waals surface area contributed by atoms with Crippen LogP contribution in [0.4, 0.5) is 0 Å². The minimum Gasteiger partial charge on any atom is -0.497 e. The van der Waals surface area contributed by atoms with Crippen molar-refractivity contribution in [2.24, 2.45) is 4.99 Å². The summed E-state index contributed by atoms with van der Waals surface area (Å²) in [7, 11) is 4.94. The van der Waals surface area contributed by atoms with E-state index in [-0.39, 0.29) is 24.0 Å². The van der Waals surface area contributed by atoms with Crippen LogP contribution in [0.5, 0.6) is 17.2 Å². The van der Waals surface area contributed by atoms with Gasteiger partial charge in [0.1, 0.15) is 5.75 Å². The van der Waals surface area contributed by atoms with Crippen LogP contribution in [-0.4, -0.2) is 47.0 Å². The lowest BCUT2D eigenvalue weighted by molar-refractivity contribution is 0.145. The molecule has 0 atom stereocenters. The lowest BCUT2D eigenvalue weighted by Gasteiger charge is -2.16. The summed E-state index contributed by atoms with van der Waals surface area (Å²) in [4.78, 5) is 4.72. The van der Waals surface area contributed by atoms with Crippen LogP contribution in [-0.2, 0) is 17.8 Å². The van der Waals surface area contributed by atoms with Crippen molar-refractivity contribution in [1.29, 1.82) is 0 Å². The van der Waals surface area contributed by atoms with Gasteiger partial charge in [-0.2, -0.15) is 0 Å². The molecule has 0 aliphatic rings. The fourth-order valence-corrected chi connectivity index (χ4v) is 2.87. The van der Waals surface area contributed by atoms with Crippen molar-refractivity contribution >= 4 is 29.9 Å². The van der Waals surface area contributed by atoms with Gasteiger partial charge in [0.2, 0.25) is 0 Å². The monoisotopic (exact) mass is 543 g/mol. The van der Waals surface area contributed by atoms with E-state index in [2.05, 4.69) is 10.6 Å². The summed E-state index contributed by atoms with van der Waals surface area (Å²) in [5.41, 5.74) is 2.09. The predicted octanol–water partition coefficient (Wildman–Crippen LogP) is 3.99. The number of guanidine groups is 1. The van der Waals surface area contributed by atoms with Gasteiger partial charge in [-0.3, -0.25) is 0 Å². The smallest absolute Gasteiger partial charge is 0.191 e. The average Bonchev–Trinajstić information content (AvgIpc) is 2.80. The van der Waals surface area contributed by atoms with Gasteiger partial charge in [-0.25, -0.2) is 4.99 Å². The molecule has 0 aliphatic carbocycles. The zero-order chi connectivity index (χ0) is 21.6. The highest BCUT2D eigenvalue weighted by Crippen LogP contribution is 2.30. The van der Waals surface area contributed by atoms with E-state index in [0.29, 0.717) is 18.8 Å². The first kappa shape index (κ1) is 26.8. The third kappa shape index (κ3) is 9.22. The van der Waals surface area contributed by atoms with Gasteiger partial charge in [0.15, 0.2) is 17.5 Å². The molecule has 31 heavy (non-hydrogen) atoms. The average molecular weight is 543 g/mol. The second-order valence-corrected chi connectivity index (χ2v) is 6.50. The van der Waals surface area contributed by atoms with Gasteiger partial charge in [-0.05, 0) is 37.1 Å². The van der Waals surface area contributed by atoms with Crippen molar-refractivity contribution in [3.63, 3.8) is 0 Å². The highest BCUT2D eigenvalue weighted by Gasteiger charge is 2.10. The second kappa shape index (κ2) is 15.6. The SMILES string of the molecule is CCOCCCNC(=NCc1ccc(OC)cc1)NCc1cccc(OC)c1OC.I. The summed E-state index contributed by atoms with van der Waals surface area (Å²) in [5.74, 6) is 2.99. The molecule has 172 valence electrons. The molecule has 0 fully saturated rings. The molecule has 0 aliphatic heterocycles. The Morgan fingerprint density at radius 1 is 0.935 bits per heavy atom. The molecule has 0 saturated carbocycles. The number of nitrogens with zero attached hydrogens (tertiary/aromatic N) is 1. The lowest BCUT2D eigenvalue weighted by atomic mass is 10.2. The Morgan fingerprint density at radius 3 is 2.35 bits per heavy atom. The Kier molecular flexibility index (Phi) is 13.5. The Labute approximate surface area is 202 Å². The molecule has 2 aromatic rings. The molecular formula is C23H34IN3O4. The predicted molar refractivity (Wildman–Crippen MR) is 135 cm³/mol. The quantitative estimate of drug-likeness (QED) is 0.183. The topological polar surface area (TPSA) is 73.3 Å². The molecule has 0 spiro atoms. The number of benzene rings is 2. The molecule has 2 rings (SSSR count). The van der Waals surface area contributed by atoms with E-state index in [1.165, 1.54) is 0 Å². The molecule has 0 unspecified atom stereocenters. The van der Waals surface area contributed by atoms with Crippen LogP contribution in [0.3, 0.4) is 0 Å². The Hall–Kier alpha value is -2.20. The first-order chi connectivity index (χ1) is 14.7. The Balaban J connectivity index is 0.00000480. The van der Waals surface area contributed by atoms with Crippen LogP contribution in [0, 0.1) is 0 Å². The molecule has 7 nitrogen and oxygen atoms in total. The molecule has 0 amide bonds. The molecule has 0 radical (unpaired) electrons. The molecule has 0 aromatic heterocycles. The van der Waals surface area contributed by atoms with Crippen molar-refractivity contribution in [2.45, 2.75) is 26.4 Å². The minimum absolute atomic E-state index is 0. The van der Waals surface area contributed by atoms with Crippen LogP contribution >= 0.6 is 24.0 Å². The summed E-state index contributed by atoms with van der Waals surface area (Å²) < 4.78 is 21.5. The largest absolute Gasteiger partial charge is 0.497 e. The van der Waals surface area contributed by atoms with E-state index in [4.69, 9.17) is 23.9 Å². The van der Waals surface area contributed by atoms with E-state index in [9.17, 15) is 0 Å². The first-order valence-electron chi connectivity index (χ1n) is 10.1. The van der Waals surface area contributed by atoms with Crippen molar-refractivity contribution in [1.82, 2.24) is 10.6 Å². The molecule has 0 heterocycles. The van der Waals surface area contributed by atoms with Crippen LogP contribution < -0.4 is 24.8 Å². The van der Waals surface area contributed by atoms with Gasteiger partial charge in [-0.1, -0.05) is 24.3 Å². The van der Waals surface area contributed by atoms with E-state index in [0.717, 1.165) is 54.8 Å². The maximum absolute atomic E-state index is 5.52. The molecule has 2 N–H and O–H groups in total. The number of methoxy groups -OCH3 is 3. The molecule has 0 bridgehead atoms. The molecule has 8 heteroatoms. The minimum atomic E-state index is 0. The van der Waals surface area contributed by atoms with E-state index in [1.807, 2.05) is 49.4 Å². The van der Waals surface area contributed by atoms with Crippen molar-refractivity contribution in [3.05, 3.63) is 53.6 Å². The summed E-state index contributed by atoms with van der Waals surface area (Å²) in [5, 5.41) is 6.75. The Morgan fingerprint density at radius 2 is 1.71 bits per heavy atom. The Bertz CT molecular complexity index is 785. The van der Waals surface area contributed by atoms with Gasteiger partial charge >= 0.3 is 0 Å². The fraction of sp³-hybridized carbons (Fsp3) is 0.435. The maximum Gasteiger partial charge on any atom is 0.191 e. The number of halogens is 1. The first-order valence-corrected chi connectivity index (χ1v) is 10.1. The number of aliphatic imine (C=N–C) groups is 1. The number of nitrogens with one attached hydrogen (secondary N) is 2. The van der Waals surface area contributed by atoms with Crippen LogP contribution in [0.2, 0.25) is 0 Å². The van der Waals surface area contributed by atoms with E-state index in [1.54, 1.807) is 21.3 Å². The number of para-hydroxylation sites is 1. The van der Waals surface area contributed by atoms with Crippen molar-refractivity contribution in [3.8, 4) is 17.2 Å². The van der Waals surface area contributed by atoms with Crippen LogP contribution in [0.25, 0.3) is 0 Å². The standard InChI is InChI=1S/C23H33N3O4.HI/c1-5-30-15-7-14-24-23(25-16-18-10-12-20(27-2)13-11-18)26-17-19-8-6-9-21(28-3)22(19)29-4;/h6,8-13H,5,7,14-17H2,1-4H3,(H2,24,25,26);1H. The van der Waals surface area contributed by atoms with E-state index < -0.39 is 0 Å². The summed E-state index contributed by atoms with van der Waals surface area (Å²) in [6, 6.07) is 13.7. The second-order valence-electron chi connectivity index (χ2n) is 6.50. The highest BCUT2D eigenvalue weighted by atomic mass is 127. The van der Waals surface area contributed by atoms with Gasteiger partial charge < -0.3 is 29.6 Å². The number of hydrogen-bond donors (Lipinski definition) is 2. The van der Waals surface area contributed by atoms with Gasteiger partial charge in [-0.15, -0.1) is 24.0 Å². The molecule has 2 aromatic carbocycles. The normalized spacial score (nSPS) is 10.8. The number of rotatable bonds is 12. The van der Waals surface area contributed by atoms with Gasteiger partial charge in [0.05, 0.1) is 27.9 Å². The van der Waals surface area contributed by atoms with Gasteiger partial charge in [0.25, 0.3) is 0 Å². The third-order valence-corrected chi connectivity index (χ3v) is 4.47. The summed E-state index contributed by atoms with van der Waals surface area (Å²) in [6.45, 7) is 5.33. The maximum atomic E-state index is 5.52. The zero-order valence-corrected chi connectivity index (χ0v) is 21.1. The zero-order valence-electron chi connectivity index (χ0n) is 18.8. The third-order valence-electron chi connectivity index (χ3n) is 4.47. The van der Waals surface area contributed by atoms with Crippen molar-refractivity contribution in [2.75, 3.05) is 41.1 Å². The van der Waals surface area contributed by atoms with Crippen LogP contribution in [0.1, 0.15) is 24.5 Å². The van der Waals surface area contributed by atoms with Crippen molar-refractivity contribution < 1.29 is 18.9 Å². The van der Waals surface area contributed by atoms with Gasteiger partial charge in [0, 0.05) is 31.9 Å².